The second-order valence-corrected chi connectivity index (χ2v) is 2.74. The number of benzene rings is 1. The fourth-order valence-corrected chi connectivity index (χ4v) is 1.34. The van der Waals surface area contributed by atoms with Crippen LogP contribution < -0.4 is 9.47 Å². The van der Waals surface area contributed by atoms with Crippen molar-refractivity contribution in [2.24, 2.45) is 0 Å². The van der Waals surface area contributed by atoms with E-state index in [0.717, 1.165) is 0 Å². The van der Waals surface area contributed by atoms with Crippen LogP contribution in [0.1, 0.15) is 5.56 Å². The first kappa shape index (κ1) is 10.8. The van der Waals surface area contributed by atoms with Crippen LogP contribution in [0.25, 0.3) is 0 Å². The topological polar surface area (TPSA) is 38.7 Å². The fraction of sp³-hybridized carbons (Fsp3) is 0.400. The average Bonchev–Trinajstić information content (AvgIpc) is 2.19. The standard InChI is InChI=1S/C10H13FO3/c1-13-9-4-3-8(11)10(14-2)7(9)5-6-12/h3-4,12H,5-6H2,1-2H3. The minimum Gasteiger partial charge on any atom is -0.496 e. The third kappa shape index (κ3) is 1.96. The van der Waals surface area contributed by atoms with E-state index in [4.69, 9.17) is 14.6 Å². The molecular formula is C10H13FO3. The Bertz CT molecular complexity index is 312. The molecule has 0 aliphatic heterocycles. The molecule has 4 heteroatoms. The summed E-state index contributed by atoms with van der Waals surface area (Å²) in [5.74, 6) is 0.215. The van der Waals surface area contributed by atoms with Crippen molar-refractivity contribution >= 4 is 0 Å². The Hall–Kier alpha value is -1.29. The first-order valence-electron chi connectivity index (χ1n) is 4.24. The predicted molar refractivity (Wildman–Crippen MR) is 50.3 cm³/mol. The second kappa shape index (κ2) is 4.81. The van der Waals surface area contributed by atoms with Crippen molar-refractivity contribution in [3.63, 3.8) is 0 Å². The van der Waals surface area contributed by atoms with Crippen LogP contribution >= 0.6 is 0 Å². The van der Waals surface area contributed by atoms with Crippen molar-refractivity contribution in [3.8, 4) is 11.5 Å². The summed E-state index contributed by atoms with van der Waals surface area (Å²) in [5, 5.41) is 8.82. The molecule has 0 saturated carbocycles. The molecule has 1 aromatic carbocycles. The van der Waals surface area contributed by atoms with Crippen LogP contribution in [0.15, 0.2) is 12.1 Å². The van der Waals surface area contributed by atoms with E-state index < -0.39 is 5.82 Å². The molecule has 3 nitrogen and oxygen atoms in total. The Morgan fingerprint density at radius 3 is 2.50 bits per heavy atom. The maximum Gasteiger partial charge on any atom is 0.165 e. The van der Waals surface area contributed by atoms with Gasteiger partial charge in [-0.15, -0.1) is 0 Å². The summed E-state index contributed by atoms with van der Waals surface area (Å²) in [6, 6.07) is 2.79. The third-order valence-electron chi connectivity index (χ3n) is 1.96. The molecule has 0 aliphatic carbocycles. The van der Waals surface area contributed by atoms with Gasteiger partial charge in [-0.2, -0.15) is 0 Å². The lowest BCUT2D eigenvalue weighted by molar-refractivity contribution is 0.291. The maximum atomic E-state index is 13.2. The summed E-state index contributed by atoms with van der Waals surface area (Å²) in [6.45, 7) is -0.0732. The van der Waals surface area contributed by atoms with E-state index >= 15 is 0 Å². The van der Waals surface area contributed by atoms with E-state index in [-0.39, 0.29) is 12.4 Å². The van der Waals surface area contributed by atoms with Crippen LogP contribution in [0.5, 0.6) is 11.5 Å². The Kier molecular flexibility index (Phi) is 3.71. The van der Waals surface area contributed by atoms with Crippen LogP contribution in [-0.2, 0) is 6.42 Å². The molecule has 1 N–H and O–H groups in total. The van der Waals surface area contributed by atoms with Crippen LogP contribution in [0.4, 0.5) is 4.39 Å². The van der Waals surface area contributed by atoms with Gasteiger partial charge in [0.1, 0.15) is 5.75 Å². The van der Waals surface area contributed by atoms with Crippen molar-refractivity contribution in [2.75, 3.05) is 20.8 Å². The zero-order chi connectivity index (χ0) is 10.6. The molecule has 0 amide bonds. The molecule has 0 unspecified atom stereocenters. The lowest BCUT2D eigenvalue weighted by Crippen LogP contribution is -2.01. The van der Waals surface area contributed by atoms with Gasteiger partial charge in [0.25, 0.3) is 0 Å². The summed E-state index contributed by atoms with van der Waals surface area (Å²) < 4.78 is 23.2. The van der Waals surface area contributed by atoms with E-state index in [1.54, 1.807) is 0 Å². The van der Waals surface area contributed by atoms with Crippen molar-refractivity contribution < 1.29 is 19.0 Å². The minimum absolute atomic E-state index is 0.0732. The highest BCUT2D eigenvalue weighted by atomic mass is 19.1. The molecule has 0 spiro atoms. The molecule has 0 atom stereocenters. The van der Waals surface area contributed by atoms with E-state index in [1.807, 2.05) is 0 Å². The normalized spacial score (nSPS) is 10.0. The molecule has 0 bridgehead atoms. The molecule has 1 aromatic rings. The van der Waals surface area contributed by atoms with E-state index in [0.29, 0.717) is 17.7 Å². The van der Waals surface area contributed by atoms with Crippen LogP contribution in [0.2, 0.25) is 0 Å². The number of halogens is 1. The van der Waals surface area contributed by atoms with E-state index in [2.05, 4.69) is 0 Å². The Labute approximate surface area is 82.1 Å². The quantitative estimate of drug-likeness (QED) is 0.798. The third-order valence-corrected chi connectivity index (χ3v) is 1.96. The summed E-state index contributed by atoms with van der Waals surface area (Å²) in [4.78, 5) is 0. The van der Waals surface area contributed by atoms with Gasteiger partial charge in [-0.1, -0.05) is 0 Å². The van der Waals surface area contributed by atoms with Gasteiger partial charge < -0.3 is 14.6 Å². The molecular weight excluding hydrogens is 187 g/mol. The predicted octanol–water partition coefficient (Wildman–Crippen LogP) is 1.38. The number of ether oxygens (including phenoxy) is 2. The van der Waals surface area contributed by atoms with Crippen molar-refractivity contribution in [1.82, 2.24) is 0 Å². The Morgan fingerprint density at radius 2 is 2.00 bits per heavy atom. The van der Waals surface area contributed by atoms with Gasteiger partial charge in [-0.05, 0) is 12.1 Å². The van der Waals surface area contributed by atoms with Crippen LogP contribution in [0.3, 0.4) is 0 Å². The number of aliphatic hydroxyl groups is 1. The average molecular weight is 200 g/mol. The van der Waals surface area contributed by atoms with Gasteiger partial charge in [0.05, 0.1) is 14.2 Å². The molecule has 1 rings (SSSR count). The van der Waals surface area contributed by atoms with Crippen molar-refractivity contribution in [3.05, 3.63) is 23.5 Å². The van der Waals surface area contributed by atoms with Gasteiger partial charge in [0, 0.05) is 18.6 Å². The summed E-state index contributed by atoms with van der Waals surface area (Å²) in [6.07, 6.45) is 0.310. The van der Waals surface area contributed by atoms with Gasteiger partial charge in [-0.3, -0.25) is 0 Å². The second-order valence-electron chi connectivity index (χ2n) is 2.74. The van der Waals surface area contributed by atoms with Crippen LogP contribution in [0, 0.1) is 5.82 Å². The largest absolute Gasteiger partial charge is 0.496 e. The molecule has 78 valence electrons. The van der Waals surface area contributed by atoms with Gasteiger partial charge in [0.15, 0.2) is 11.6 Å². The molecule has 14 heavy (non-hydrogen) atoms. The molecule has 0 saturated heterocycles. The first-order valence-corrected chi connectivity index (χ1v) is 4.24. The molecule has 0 aromatic heterocycles. The summed E-state index contributed by atoms with van der Waals surface area (Å²) in [7, 11) is 2.88. The smallest absolute Gasteiger partial charge is 0.165 e. The molecule has 0 radical (unpaired) electrons. The van der Waals surface area contributed by atoms with E-state index in [1.165, 1.54) is 26.4 Å². The minimum atomic E-state index is -0.447. The monoisotopic (exact) mass is 200 g/mol. The van der Waals surface area contributed by atoms with Crippen LogP contribution in [-0.4, -0.2) is 25.9 Å². The highest BCUT2D eigenvalue weighted by molar-refractivity contribution is 5.45. The first-order chi connectivity index (χ1) is 6.74. The van der Waals surface area contributed by atoms with E-state index in [9.17, 15) is 4.39 Å². The Balaban J connectivity index is 3.21. The van der Waals surface area contributed by atoms with Crippen molar-refractivity contribution in [2.45, 2.75) is 6.42 Å². The van der Waals surface area contributed by atoms with Gasteiger partial charge in [0.2, 0.25) is 0 Å². The zero-order valence-electron chi connectivity index (χ0n) is 8.21. The summed E-state index contributed by atoms with van der Waals surface area (Å²) in [5.41, 5.74) is 0.553. The number of hydrogen-bond donors (Lipinski definition) is 1. The number of aliphatic hydroxyl groups excluding tert-OH is 1. The highest BCUT2D eigenvalue weighted by Gasteiger charge is 2.13. The number of rotatable bonds is 4. The Morgan fingerprint density at radius 1 is 1.29 bits per heavy atom. The fourth-order valence-electron chi connectivity index (χ4n) is 1.34. The number of hydrogen-bond acceptors (Lipinski definition) is 3. The van der Waals surface area contributed by atoms with Gasteiger partial charge in [-0.25, -0.2) is 4.39 Å². The molecule has 0 fully saturated rings. The number of methoxy groups -OCH3 is 2. The lowest BCUT2D eigenvalue weighted by atomic mass is 10.1. The molecule has 0 heterocycles. The summed E-state index contributed by atoms with van der Waals surface area (Å²) >= 11 is 0. The maximum absolute atomic E-state index is 13.2. The van der Waals surface area contributed by atoms with Crippen molar-refractivity contribution in [1.29, 1.82) is 0 Å². The SMILES string of the molecule is COc1ccc(F)c(OC)c1CCO. The zero-order valence-corrected chi connectivity index (χ0v) is 8.21. The lowest BCUT2D eigenvalue weighted by Gasteiger charge is -2.12. The molecule has 0 aliphatic rings. The van der Waals surface area contributed by atoms with Gasteiger partial charge >= 0.3 is 0 Å². The highest BCUT2D eigenvalue weighted by Crippen LogP contribution is 2.31.